The number of hydrogen-bond acceptors (Lipinski definition) is 3. The van der Waals surface area contributed by atoms with Crippen molar-refractivity contribution >= 4 is 41.4 Å². The van der Waals surface area contributed by atoms with Gasteiger partial charge in [0.05, 0.1) is 5.56 Å². The summed E-state index contributed by atoms with van der Waals surface area (Å²) >= 11 is 12.0. The maximum atomic E-state index is 12.6. The van der Waals surface area contributed by atoms with E-state index in [0.717, 1.165) is 30.8 Å². The number of nitrogens with zero attached hydrogens (tertiary/aromatic N) is 2. The lowest BCUT2D eigenvalue weighted by molar-refractivity contribution is -0.137. The van der Waals surface area contributed by atoms with Crippen molar-refractivity contribution in [3.05, 3.63) is 57.7 Å². The van der Waals surface area contributed by atoms with Crippen molar-refractivity contribution in [2.45, 2.75) is 25.2 Å². The average Bonchev–Trinajstić information content (AvgIpc) is 3.02. The minimum absolute atomic E-state index is 0. The lowest BCUT2D eigenvalue weighted by Crippen LogP contribution is -2.32. The summed E-state index contributed by atoms with van der Waals surface area (Å²) in [5.41, 5.74) is 0.222. The molecule has 0 aliphatic carbocycles. The lowest BCUT2D eigenvalue weighted by atomic mass is 10.2. The molecule has 2 aromatic rings. The van der Waals surface area contributed by atoms with Crippen molar-refractivity contribution in [1.29, 1.82) is 0 Å². The van der Waals surface area contributed by atoms with Crippen LogP contribution < -0.4 is 10.2 Å². The van der Waals surface area contributed by atoms with Crippen molar-refractivity contribution in [1.82, 2.24) is 10.3 Å². The van der Waals surface area contributed by atoms with Crippen molar-refractivity contribution in [2.24, 2.45) is 0 Å². The highest BCUT2D eigenvalue weighted by molar-refractivity contribution is 6.35. The van der Waals surface area contributed by atoms with E-state index in [1.807, 2.05) is 11.0 Å². The summed E-state index contributed by atoms with van der Waals surface area (Å²) in [6, 6.07) is 8.07. The van der Waals surface area contributed by atoms with Crippen LogP contribution in [-0.4, -0.2) is 24.1 Å². The predicted octanol–water partition coefficient (Wildman–Crippen LogP) is 5.20. The average molecular weight is 427 g/mol. The summed E-state index contributed by atoms with van der Waals surface area (Å²) in [5.74, 6) is 0.557. The van der Waals surface area contributed by atoms with Gasteiger partial charge in [0, 0.05) is 41.9 Å². The zero-order valence-electron chi connectivity index (χ0n) is 13.6. The number of anilines is 1. The van der Waals surface area contributed by atoms with Gasteiger partial charge in [0.1, 0.15) is 5.82 Å². The number of halogens is 6. The second-order valence-corrected chi connectivity index (χ2v) is 6.79. The molecule has 1 fully saturated rings. The molecule has 0 radical (unpaired) electrons. The Morgan fingerprint density at radius 2 is 1.96 bits per heavy atom. The Labute approximate surface area is 165 Å². The van der Waals surface area contributed by atoms with E-state index >= 15 is 0 Å². The number of aromatic nitrogens is 1. The Kier molecular flexibility index (Phi) is 7.02. The number of hydrogen-bond donors (Lipinski definition) is 1. The molecule has 142 valence electrons. The zero-order chi connectivity index (χ0) is 18.0. The molecule has 0 bridgehead atoms. The van der Waals surface area contributed by atoms with E-state index < -0.39 is 11.7 Å². The van der Waals surface area contributed by atoms with E-state index in [2.05, 4.69) is 10.3 Å². The third kappa shape index (κ3) is 5.16. The Balaban J connectivity index is 0.00000243. The van der Waals surface area contributed by atoms with Gasteiger partial charge in [-0.1, -0.05) is 29.3 Å². The number of alkyl halides is 3. The molecule has 3 rings (SSSR count). The van der Waals surface area contributed by atoms with Gasteiger partial charge in [-0.2, -0.15) is 13.2 Å². The van der Waals surface area contributed by atoms with Gasteiger partial charge in [0.25, 0.3) is 0 Å². The first-order valence-corrected chi connectivity index (χ1v) is 8.54. The molecular formula is C17H17Cl3F3N3. The molecule has 1 atom stereocenters. The van der Waals surface area contributed by atoms with Crippen LogP contribution in [0.15, 0.2) is 36.5 Å². The topological polar surface area (TPSA) is 28.2 Å². The number of rotatable bonds is 4. The normalized spacial score (nSPS) is 17.3. The molecule has 3 nitrogen and oxygen atoms in total. The second kappa shape index (κ2) is 8.65. The fourth-order valence-corrected chi connectivity index (χ4v) is 3.27. The summed E-state index contributed by atoms with van der Waals surface area (Å²) in [6.45, 7) is 2.03. The maximum absolute atomic E-state index is 12.6. The van der Waals surface area contributed by atoms with Gasteiger partial charge in [0.15, 0.2) is 0 Å². The van der Waals surface area contributed by atoms with Crippen molar-refractivity contribution < 1.29 is 13.2 Å². The number of benzene rings is 1. The van der Waals surface area contributed by atoms with Gasteiger partial charge in [-0.15, -0.1) is 12.4 Å². The van der Waals surface area contributed by atoms with E-state index in [4.69, 9.17) is 23.2 Å². The first kappa shape index (κ1) is 21.1. The quantitative estimate of drug-likeness (QED) is 0.728. The van der Waals surface area contributed by atoms with E-state index in [9.17, 15) is 13.2 Å². The minimum atomic E-state index is -4.36. The lowest BCUT2D eigenvalue weighted by Gasteiger charge is -2.19. The molecule has 9 heteroatoms. The van der Waals surface area contributed by atoms with Crippen LogP contribution in [0.25, 0.3) is 0 Å². The van der Waals surface area contributed by atoms with Gasteiger partial charge < -0.3 is 10.2 Å². The molecule has 0 spiro atoms. The fourth-order valence-electron chi connectivity index (χ4n) is 2.80. The maximum Gasteiger partial charge on any atom is 0.417 e. The van der Waals surface area contributed by atoms with Gasteiger partial charge in [-0.3, -0.25) is 0 Å². The molecule has 1 aromatic heterocycles. The van der Waals surface area contributed by atoms with Crippen LogP contribution in [0.1, 0.15) is 17.5 Å². The molecule has 1 N–H and O–H groups in total. The van der Waals surface area contributed by atoms with Gasteiger partial charge in [-0.05, 0) is 36.2 Å². The summed E-state index contributed by atoms with van der Waals surface area (Å²) in [6.07, 6.45) is -2.60. The summed E-state index contributed by atoms with van der Waals surface area (Å²) in [4.78, 5) is 5.92. The van der Waals surface area contributed by atoms with E-state index in [0.29, 0.717) is 29.0 Å². The predicted molar refractivity (Wildman–Crippen MR) is 100 cm³/mol. The summed E-state index contributed by atoms with van der Waals surface area (Å²) in [7, 11) is 0. The molecule has 0 saturated carbocycles. The molecule has 0 amide bonds. The van der Waals surface area contributed by atoms with Crippen molar-refractivity contribution in [3.8, 4) is 0 Å². The second-order valence-electron chi connectivity index (χ2n) is 5.95. The minimum Gasteiger partial charge on any atom is -0.355 e. The third-order valence-electron chi connectivity index (χ3n) is 4.18. The highest BCUT2D eigenvalue weighted by Gasteiger charge is 2.31. The molecule has 2 heterocycles. The zero-order valence-corrected chi connectivity index (χ0v) is 15.9. The van der Waals surface area contributed by atoms with Crippen LogP contribution in [0.4, 0.5) is 19.0 Å². The van der Waals surface area contributed by atoms with Crippen LogP contribution in [0, 0.1) is 0 Å². The van der Waals surface area contributed by atoms with Crippen molar-refractivity contribution in [3.63, 3.8) is 0 Å². The summed E-state index contributed by atoms with van der Waals surface area (Å²) in [5, 5.41) is 4.62. The Morgan fingerprint density at radius 1 is 1.19 bits per heavy atom. The Hall–Kier alpha value is -1.21. The number of nitrogens with one attached hydrogen (secondary N) is 1. The van der Waals surface area contributed by atoms with Gasteiger partial charge >= 0.3 is 6.18 Å². The molecule has 1 aliphatic rings. The molecule has 1 saturated heterocycles. The van der Waals surface area contributed by atoms with E-state index in [1.165, 1.54) is 6.07 Å². The monoisotopic (exact) mass is 425 g/mol. The molecule has 1 aromatic carbocycles. The Bertz CT molecular complexity index is 738. The molecule has 1 unspecified atom stereocenters. The van der Waals surface area contributed by atoms with Crippen LogP contribution in [-0.2, 0) is 12.7 Å². The van der Waals surface area contributed by atoms with Crippen LogP contribution >= 0.6 is 35.6 Å². The fraction of sp³-hybridized carbons (Fsp3) is 0.353. The first-order valence-electron chi connectivity index (χ1n) is 7.78. The summed E-state index contributed by atoms with van der Waals surface area (Å²) < 4.78 is 37.8. The third-order valence-corrected chi connectivity index (χ3v) is 4.77. The van der Waals surface area contributed by atoms with E-state index in [1.54, 1.807) is 12.1 Å². The molecular weight excluding hydrogens is 410 g/mol. The molecule has 26 heavy (non-hydrogen) atoms. The highest BCUT2D eigenvalue weighted by atomic mass is 35.5. The Morgan fingerprint density at radius 3 is 2.58 bits per heavy atom. The van der Waals surface area contributed by atoms with Gasteiger partial charge in [0.2, 0.25) is 0 Å². The van der Waals surface area contributed by atoms with Crippen LogP contribution in [0.3, 0.4) is 0 Å². The van der Waals surface area contributed by atoms with E-state index in [-0.39, 0.29) is 18.4 Å². The SMILES string of the molecule is Cl.FC(F)(F)c1ccc(N2CCC(NCc3ccc(Cl)cc3Cl)C2)nc1. The van der Waals surface area contributed by atoms with Crippen LogP contribution in [0.5, 0.6) is 0 Å². The smallest absolute Gasteiger partial charge is 0.355 e. The highest BCUT2D eigenvalue weighted by Crippen LogP contribution is 2.30. The van der Waals surface area contributed by atoms with Crippen LogP contribution in [0.2, 0.25) is 10.0 Å². The van der Waals surface area contributed by atoms with Crippen molar-refractivity contribution in [2.75, 3.05) is 18.0 Å². The van der Waals surface area contributed by atoms with Gasteiger partial charge in [-0.25, -0.2) is 4.98 Å². The standard InChI is InChI=1S/C17H16Cl2F3N3.ClH/c18-13-3-1-11(15(19)7-13)8-23-14-5-6-25(10-14)16-4-2-12(9-24-16)17(20,21)22;/h1-4,7,9,14,23H,5-6,8,10H2;1H. The largest absolute Gasteiger partial charge is 0.417 e. The first-order chi connectivity index (χ1) is 11.8. The number of pyridine rings is 1. The molecule has 1 aliphatic heterocycles.